The summed E-state index contributed by atoms with van der Waals surface area (Å²) in [6.07, 6.45) is 2.54. The van der Waals surface area contributed by atoms with Gasteiger partial charge in [-0.2, -0.15) is 5.01 Å². The van der Waals surface area contributed by atoms with E-state index in [1.807, 2.05) is 0 Å². The minimum atomic E-state index is -0.839. The van der Waals surface area contributed by atoms with Gasteiger partial charge in [0.25, 0.3) is 23.4 Å². The van der Waals surface area contributed by atoms with Crippen LogP contribution in [0.4, 0.5) is 5.69 Å². The normalized spacial score (nSPS) is 17.8. The molecule has 1 aliphatic heterocycles. The lowest BCUT2D eigenvalue weighted by Crippen LogP contribution is -2.52. The number of hydrazine groups is 1. The molecule has 0 bridgehead atoms. The number of nitro benzene ring substituents is 1. The Bertz CT molecular complexity index is 1620. The van der Waals surface area contributed by atoms with Crippen molar-refractivity contribution in [2.75, 3.05) is 6.54 Å². The van der Waals surface area contributed by atoms with E-state index in [-0.39, 0.29) is 33.1 Å². The predicted octanol–water partition coefficient (Wildman–Crippen LogP) is 5.54. The lowest BCUT2D eigenvalue weighted by Gasteiger charge is -2.30. The number of benzene rings is 3. The maximum absolute atomic E-state index is 13.6. The van der Waals surface area contributed by atoms with Gasteiger partial charge >= 0.3 is 5.97 Å². The summed E-state index contributed by atoms with van der Waals surface area (Å²) >= 11 is 11.9. The number of ketones is 1. The third kappa shape index (κ3) is 6.13. The zero-order valence-corrected chi connectivity index (χ0v) is 23.9. The maximum Gasteiger partial charge on any atom is 0.345 e. The second kappa shape index (κ2) is 12.3. The number of fused-ring (bicyclic) bond motifs is 1. The van der Waals surface area contributed by atoms with Crippen LogP contribution in [0, 0.1) is 22.0 Å². The number of imide groups is 1. The van der Waals surface area contributed by atoms with E-state index < -0.39 is 52.8 Å². The Hall–Kier alpha value is -4.61. The lowest BCUT2D eigenvalue weighted by molar-refractivity contribution is -0.384. The van der Waals surface area contributed by atoms with Crippen molar-refractivity contribution in [1.82, 2.24) is 10.0 Å². The average molecular weight is 624 g/mol. The summed E-state index contributed by atoms with van der Waals surface area (Å²) in [5.74, 6) is -4.34. The Morgan fingerprint density at radius 1 is 0.884 bits per heavy atom. The molecule has 220 valence electrons. The highest BCUT2D eigenvalue weighted by Crippen LogP contribution is 2.39. The summed E-state index contributed by atoms with van der Waals surface area (Å²) in [6, 6.07) is 14.4. The van der Waals surface area contributed by atoms with Crippen LogP contribution in [-0.4, -0.2) is 51.0 Å². The molecule has 0 radical (unpaired) electrons. The van der Waals surface area contributed by atoms with E-state index in [2.05, 4.69) is 0 Å². The van der Waals surface area contributed by atoms with Gasteiger partial charge in [0.2, 0.25) is 0 Å². The first-order valence-electron chi connectivity index (χ1n) is 13.3. The summed E-state index contributed by atoms with van der Waals surface area (Å²) in [7, 11) is 0. The number of esters is 1. The second-order valence-electron chi connectivity index (χ2n) is 10.1. The number of rotatable bonds is 8. The first kappa shape index (κ1) is 29.9. The van der Waals surface area contributed by atoms with Gasteiger partial charge in [0.15, 0.2) is 5.78 Å². The molecule has 1 saturated heterocycles. The van der Waals surface area contributed by atoms with Gasteiger partial charge in [-0.05, 0) is 67.4 Å². The Morgan fingerprint density at radius 3 is 2.02 bits per heavy atom. The van der Waals surface area contributed by atoms with Crippen LogP contribution in [0.3, 0.4) is 0 Å². The Morgan fingerprint density at radius 2 is 1.47 bits per heavy atom. The van der Waals surface area contributed by atoms with E-state index >= 15 is 0 Å². The van der Waals surface area contributed by atoms with Gasteiger partial charge in [0, 0.05) is 28.3 Å². The molecule has 2 fully saturated rings. The fourth-order valence-corrected chi connectivity index (χ4v) is 5.73. The Labute approximate surface area is 255 Å². The molecule has 2 atom stereocenters. The van der Waals surface area contributed by atoms with E-state index in [1.54, 1.807) is 0 Å². The van der Waals surface area contributed by atoms with E-state index in [4.69, 9.17) is 27.9 Å². The number of amides is 3. The van der Waals surface area contributed by atoms with Crippen LogP contribution in [0.2, 0.25) is 10.0 Å². The summed E-state index contributed by atoms with van der Waals surface area (Å²) in [6.45, 7) is -0.660. The van der Waals surface area contributed by atoms with Crippen molar-refractivity contribution in [3.8, 4) is 5.75 Å². The van der Waals surface area contributed by atoms with Crippen LogP contribution in [-0.2, 0) is 9.59 Å². The molecule has 0 unspecified atom stereocenters. The smallest absolute Gasteiger partial charge is 0.345 e. The number of nitro groups is 1. The molecule has 43 heavy (non-hydrogen) atoms. The average Bonchev–Trinajstić information content (AvgIpc) is 3.25. The highest BCUT2D eigenvalue weighted by atomic mass is 35.5. The molecule has 3 aromatic rings. The van der Waals surface area contributed by atoms with Crippen LogP contribution < -0.4 is 4.74 Å². The number of carbonyl (C=O) groups is 5. The minimum absolute atomic E-state index is 0.0445. The maximum atomic E-state index is 13.6. The molecule has 5 rings (SSSR count). The lowest BCUT2D eigenvalue weighted by atomic mass is 9.81. The van der Waals surface area contributed by atoms with E-state index in [1.165, 1.54) is 54.6 Å². The van der Waals surface area contributed by atoms with Gasteiger partial charge in [-0.15, -0.1) is 0 Å². The number of halogens is 2. The predicted molar refractivity (Wildman–Crippen MR) is 154 cm³/mol. The fraction of sp³-hybridized carbons (Fsp3) is 0.233. The van der Waals surface area contributed by atoms with Crippen LogP contribution in [0.1, 0.15) is 56.8 Å². The third-order valence-electron chi connectivity index (χ3n) is 7.45. The van der Waals surface area contributed by atoms with Gasteiger partial charge in [-0.25, -0.2) is 9.80 Å². The quantitative estimate of drug-likeness (QED) is 0.0794. The molecule has 1 saturated carbocycles. The zero-order chi connectivity index (χ0) is 30.8. The summed E-state index contributed by atoms with van der Waals surface area (Å²) in [5.41, 5.74) is -0.0934. The minimum Gasteiger partial charge on any atom is -0.423 e. The topological polar surface area (TPSA) is 144 Å². The zero-order valence-electron chi connectivity index (χ0n) is 22.4. The van der Waals surface area contributed by atoms with Crippen molar-refractivity contribution < 1.29 is 33.6 Å². The molecule has 13 heteroatoms. The molecule has 3 amide bonds. The molecular weight excluding hydrogens is 601 g/mol. The first-order valence-corrected chi connectivity index (χ1v) is 14.1. The van der Waals surface area contributed by atoms with Crippen LogP contribution in [0.25, 0.3) is 0 Å². The second-order valence-corrected chi connectivity index (χ2v) is 11.0. The molecule has 0 aromatic heterocycles. The number of non-ortho nitro benzene ring substituents is 1. The molecule has 2 aliphatic rings. The van der Waals surface area contributed by atoms with Crippen molar-refractivity contribution in [2.24, 2.45) is 11.8 Å². The molecule has 11 nitrogen and oxygen atoms in total. The molecule has 3 aromatic carbocycles. The number of hydrogen-bond acceptors (Lipinski definition) is 8. The van der Waals surface area contributed by atoms with Gasteiger partial charge in [0.1, 0.15) is 12.3 Å². The summed E-state index contributed by atoms with van der Waals surface area (Å²) in [4.78, 5) is 76.6. The van der Waals surface area contributed by atoms with Crippen LogP contribution >= 0.6 is 23.2 Å². The Kier molecular flexibility index (Phi) is 8.56. The monoisotopic (exact) mass is 623 g/mol. The van der Waals surface area contributed by atoms with Crippen molar-refractivity contribution >= 4 is 58.4 Å². The SMILES string of the molecule is O=C(CN(C(=O)c1ccc([N+](=O)[O-])cc1)N1C(=O)[C@H]2CCCC[C@@H]2C1=O)c1ccc(OC(=O)c2ccc(Cl)cc2Cl)cc1. The Balaban J connectivity index is 1.38. The molecule has 1 aliphatic carbocycles. The largest absolute Gasteiger partial charge is 0.423 e. The summed E-state index contributed by atoms with van der Waals surface area (Å²) < 4.78 is 5.34. The van der Waals surface area contributed by atoms with E-state index in [9.17, 15) is 34.1 Å². The fourth-order valence-electron chi connectivity index (χ4n) is 5.24. The van der Waals surface area contributed by atoms with Gasteiger partial charge in [0.05, 0.1) is 27.3 Å². The van der Waals surface area contributed by atoms with Gasteiger partial charge in [-0.3, -0.25) is 29.3 Å². The standard InChI is InChI=1S/C30H23Cl2N3O8/c31-19-9-14-24(25(32)15-19)30(40)43-21-12-7-17(8-13-21)26(36)16-33(27(37)18-5-10-20(11-6-18)35(41)42)34-28(38)22-3-1-2-4-23(22)29(34)39/h5-15,22-23H,1-4,16H2/t22-,23-/m0/s1. The molecule has 0 N–H and O–H groups in total. The van der Waals surface area contributed by atoms with Crippen molar-refractivity contribution in [2.45, 2.75) is 25.7 Å². The number of Topliss-reactive ketones (excluding diaryl/α,β-unsaturated/α-hetero) is 1. The first-order chi connectivity index (χ1) is 20.5. The number of carbonyl (C=O) groups excluding carboxylic acids is 5. The third-order valence-corrected chi connectivity index (χ3v) is 8.00. The van der Waals surface area contributed by atoms with E-state index in [0.29, 0.717) is 17.9 Å². The van der Waals surface area contributed by atoms with Gasteiger partial charge < -0.3 is 4.74 Å². The molecule has 0 spiro atoms. The highest BCUT2D eigenvalue weighted by molar-refractivity contribution is 6.36. The van der Waals surface area contributed by atoms with Crippen LogP contribution in [0.5, 0.6) is 5.75 Å². The molecular formula is C30H23Cl2N3O8. The van der Waals surface area contributed by atoms with Crippen LogP contribution in [0.15, 0.2) is 66.7 Å². The van der Waals surface area contributed by atoms with Crippen molar-refractivity contribution in [1.29, 1.82) is 0 Å². The highest BCUT2D eigenvalue weighted by Gasteiger charge is 2.51. The van der Waals surface area contributed by atoms with E-state index in [0.717, 1.165) is 35.0 Å². The summed E-state index contributed by atoms with van der Waals surface area (Å²) in [5, 5.41) is 13.1. The molecule has 1 heterocycles. The van der Waals surface area contributed by atoms with Gasteiger partial charge in [-0.1, -0.05) is 36.0 Å². The number of nitrogens with zero attached hydrogens (tertiary/aromatic N) is 3. The number of hydrogen-bond donors (Lipinski definition) is 0. The van der Waals surface area contributed by atoms with Crippen molar-refractivity contribution in [3.05, 3.63) is 104 Å². The van der Waals surface area contributed by atoms with Crippen molar-refractivity contribution in [3.63, 3.8) is 0 Å². The number of ether oxygens (including phenoxy) is 1.